The summed E-state index contributed by atoms with van der Waals surface area (Å²) in [6.45, 7) is 7.26. The number of benzene rings is 2. The van der Waals surface area contributed by atoms with Crippen LogP contribution in [0.15, 0.2) is 61.2 Å². The van der Waals surface area contributed by atoms with Crippen LogP contribution in [-0.2, 0) is 6.54 Å². The maximum absolute atomic E-state index is 13.1. The third-order valence-corrected chi connectivity index (χ3v) is 7.11. The van der Waals surface area contributed by atoms with Crippen LogP contribution in [0, 0.1) is 25.7 Å². The monoisotopic (exact) mass is 492 g/mol. The van der Waals surface area contributed by atoms with Crippen LogP contribution in [0.5, 0.6) is 0 Å². The van der Waals surface area contributed by atoms with Gasteiger partial charge in [-0.2, -0.15) is 0 Å². The Morgan fingerprint density at radius 2 is 1.97 bits per heavy atom. The van der Waals surface area contributed by atoms with Gasteiger partial charge in [0.2, 0.25) is 0 Å². The lowest BCUT2D eigenvalue weighted by Gasteiger charge is -2.21. The van der Waals surface area contributed by atoms with E-state index < -0.39 is 0 Å². The highest BCUT2D eigenvalue weighted by atomic mass is 16.1. The molecule has 0 unspecified atom stereocenters. The van der Waals surface area contributed by atoms with Crippen molar-refractivity contribution in [3.63, 3.8) is 0 Å². The highest BCUT2D eigenvalue weighted by Crippen LogP contribution is 2.21. The normalized spacial score (nSPS) is 15.6. The highest BCUT2D eigenvalue weighted by Gasteiger charge is 2.24. The van der Waals surface area contributed by atoms with Crippen molar-refractivity contribution < 1.29 is 4.79 Å². The number of hydrogen-bond acceptors (Lipinski definition) is 5. The zero-order valence-corrected chi connectivity index (χ0v) is 21.8. The molecule has 4 aromatic rings. The molecule has 1 aliphatic rings. The van der Waals surface area contributed by atoms with Crippen LogP contribution in [0.2, 0.25) is 0 Å². The van der Waals surface area contributed by atoms with Crippen molar-refractivity contribution in [3.05, 3.63) is 94.7 Å². The summed E-state index contributed by atoms with van der Waals surface area (Å²) < 4.78 is 1.89. The van der Waals surface area contributed by atoms with Gasteiger partial charge in [0.15, 0.2) is 5.65 Å². The van der Waals surface area contributed by atoms with E-state index in [0.717, 1.165) is 47.8 Å². The number of nitrogens with zero attached hydrogens (tertiary/aromatic N) is 5. The molecular formula is C30H32N6O. The van der Waals surface area contributed by atoms with Crippen LogP contribution >= 0.6 is 0 Å². The molecule has 2 aromatic heterocycles. The number of likely N-dealkylation sites (tertiary alicyclic amines) is 1. The lowest BCUT2D eigenvalue weighted by molar-refractivity contribution is 0.102. The van der Waals surface area contributed by atoms with E-state index in [2.05, 4.69) is 70.1 Å². The Morgan fingerprint density at radius 1 is 1.11 bits per heavy atom. The first-order valence-electron chi connectivity index (χ1n) is 12.6. The Morgan fingerprint density at radius 3 is 2.76 bits per heavy atom. The second kappa shape index (κ2) is 10.6. The predicted octanol–water partition coefficient (Wildman–Crippen LogP) is 4.13. The Bertz CT molecular complexity index is 1510. The van der Waals surface area contributed by atoms with E-state index in [4.69, 9.17) is 0 Å². The van der Waals surface area contributed by atoms with E-state index in [0.29, 0.717) is 11.6 Å². The molecule has 1 aliphatic heterocycles. The molecule has 1 fully saturated rings. The largest absolute Gasteiger partial charge is 0.322 e. The van der Waals surface area contributed by atoms with Crippen molar-refractivity contribution in [3.8, 4) is 11.8 Å². The molecule has 5 rings (SSSR count). The minimum absolute atomic E-state index is 0.149. The third-order valence-electron chi connectivity index (χ3n) is 7.11. The number of carbonyl (C=O) groups is 1. The van der Waals surface area contributed by atoms with Crippen molar-refractivity contribution in [2.75, 3.05) is 32.5 Å². The molecule has 37 heavy (non-hydrogen) atoms. The fourth-order valence-electron chi connectivity index (χ4n) is 4.74. The van der Waals surface area contributed by atoms with Gasteiger partial charge in [-0.1, -0.05) is 18.1 Å². The number of fused-ring (bicyclic) bond motifs is 1. The summed E-state index contributed by atoms with van der Waals surface area (Å²) in [5.41, 5.74) is 7.20. The summed E-state index contributed by atoms with van der Waals surface area (Å²) >= 11 is 0. The van der Waals surface area contributed by atoms with Gasteiger partial charge in [-0.05, 0) is 81.2 Å². The quantitative estimate of drug-likeness (QED) is 0.425. The zero-order valence-electron chi connectivity index (χ0n) is 21.8. The van der Waals surface area contributed by atoms with Gasteiger partial charge in [-0.15, -0.1) is 0 Å². The molecule has 1 atom stereocenters. The molecule has 7 nitrogen and oxygen atoms in total. The van der Waals surface area contributed by atoms with E-state index in [1.807, 2.05) is 41.8 Å². The topological polar surface area (TPSA) is 65.8 Å². The minimum Gasteiger partial charge on any atom is -0.322 e. The molecule has 0 aliphatic carbocycles. The number of carbonyl (C=O) groups excluding carboxylic acids is 1. The van der Waals surface area contributed by atoms with Crippen LogP contribution in [0.25, 0.3) is 5.65 Å². The summed E-state index contributed by atoms with van der Waals surface area (Å²) in [6.07, 6.45) is 8.17. The molecule has 0 saturated carbocycles. The van der Waals surface area contributed by atoms with Crippen molar-refractivity contribution in [2.24, 2.45) is 0 Å². The van der Waals surface area contributed by atoms with Crippen molar-refractivity contribution in [2.45, 2.75) is 32.9 Å². The summed E-state index contributed by atoms with van der Waals surface area (Å²) in [7, 11) is 4.31. The first-order valence-corrected chi connectivity index (χ1v) is 12.6. The molecule has 188 valence electrons. The zero-order chi connectivity index (χ0) is 25.9. The Kier molecular flexibility index (Phi) is 7.04. The Hall–Kier alpha value is -3.99. The van der Waals surface area contributed by atoms with Gasteiger partial charge in [0.05, 0.1) is 12.4 Å². The molecular weight excluding hydrogens is 460 g/mol. The summed E-state index contributed by atoms with van der Waals surface area (Å²) in [5, 5.41) is 3.05. The summed E-state index contributed by atoms with van der Waals surface area (Å²) in [4.78, 5) is 26.3. The summed E-state index contributed by atoms with van der Waals surface area (Å²) in [6, 6.07) is 12.4. The van der Waals surface area contributed by atoms with Crippen molar-refractivity contribution in [1.82, 2.24) is 24.2 Å². The first kappa shape index (κ1) is 24.7. The average molecular weight is 493 g/mol. The Labute approximate surface area is 218 Å². The van der Waals surface area contributed by atoms with Gasteiger partial charge >= 0.3 is 0 Å². The number of anilines is 1. The lowest BCUT2D eigenvalue weighted by atomic mass is 10.0. The first-order chi connectivity index (χ1) is 17.9. The van der Waals surface area contributed by atoms with E-state index in [1.54, 1.807) is 18.6 Å². The van der Waals surface area contributed by atoms with Crippen molar-refractivity contribution in [1.29, 1.82) is 0 Å². The second-order valence-electron chi connectivity index (χ2n) is 9.96. The van der Waals surface area contributed by atoms with Crippen LogP contribution in [0.3, 0.4) is 0 Å². The second-order valence-corrected chi connectivity index (χ2v) is 9.96. The van der Waals surface area contributed by atoms with Crippen LogP contribution < -0.4 is 5.32 Å². The number of aryl methyl sites for hydroxylation is 2. The number of hydrogen-bond donors (Lipinski definition) is 1. The maximum atomic E-state index is 13.1. The van der Waals surface area contributed by atoms with E-state index >= 15 is 0 Å². The van der Waals surface area contributed by atoms with Crippen LogP contribution in [-0.4, -0.2) is 63.3 Å². The molecule has 0 bridgehead atoms. The smallest absolute Gasteiger partial charge is 0.255 e. The number of rotatable bonds is 5. The van der Waals surface area contributed by atoms with E-state index in [-0.39, 0.29) is 5.91 Å². The standard InChI is InChI=1S/C30H32N6O/c1-21-5-6-24(16-23(21)8-10-27-17-32-29-18-31-12-14-36(27)29)30(37)33-26-9-7-25(22(2)15-26)19-35-13-11-28(20-35)34(3)4/h5-7,9,12,14-18,28H,11,13,19-20H2,1-4H3,(H,33,37)/t28-/m1/s1. The van der Waals surface area contributed by atoms with Gasteiger partial charge in [0.1, 0.15) is 5.69 Å². The van der Waals surface area contributed by atoms with Gasteiger partial charge in [0.25, 0.3) is 5.91 Å². The van der Waals surface area contributed by atoms with Gasteiger partial charge < -0.3 is 10.2 Å². The van der Waals surface area contributed by atoms with E-state index in [1.165, 1.54) is 17.5 Å². The van der Waals surface area contributed by atoms with E-state index in [9.17, 15) is 4.79 Å². The molecule has 1 saturated heterocycles. The predicted molar refractivity (Wildman–Crippen MR) is 147 cm³/mol. The third kappa shape index (κ3) is 5.56. The average Bonchev–Trinajstić information content (AvgIpc) is 3.52. The van der Waals surface area contributed by atoms with Gasteiger partial charge in [0, 0.05) is 54.9 Å². The highest BCUT2D eigenvalue weighted by molar-refractivity contribution is 6.04. The molecule has 2 aromatic carbocycles. The number of aromatic nitrogens is 3. The Balaban J connectivity index is 1.28. The number of likely N-dealkylation sites (N-methyl/N-ethyl adjacent to an activating group) is 1. The molecule has 0 spiro atoms. The fraction of sp³-hybridized carbons (Fsp3) is 0.300. The summed E-state index contributed by atoms with van der Waals surface area (Å²) in [5.74, 6) is 6.24. The molecule has 1 N–H and O–H groups in total. The molecule has 7 heteroatoms. The number of imidazole rings is 1. The number of nitrogens with one attached hydrogen (secondary N) is 1. The van der Waals surface area contributed by atoms with Gasteiger partial charge in [-0.3, -0.25) is 19.1 Å². The molecule has 1 amide bonds. The lowest BCUT2D eigenvalue weighted by Crippen LogP contribution is -2.31. The van der Waals surface area contributed by atoms with Crippen molar-refractivity contribution >= 4 is 17.2 Å². The van der Waals surface area contributed by atoms with Crippen LogP contribution in [0.4, 0.5) is 5.69 Å². The SMILES string of the molecule is Cc1ccc(C(=O)Nc2ccc(CN3CC[C@@H](N(C)C)C3)c(C)c2)cc1C#Cc1cnc2cnccn12. The molecule has 3 heterocycles. The van der Waals surface area contributed by atoms with Gasteiger partial charge in [-0.25, -0.2) is 4.98 Å². The molecule has 0 radical (unpaired) electrons. The number of amides is 1. The fourth-order valence-corrected chi connectivity index (χ4v) is 4.74. The maximum Gasteiger partial charge on any atom is 0.255 e. The minimum atomic E-state index is -0.149. The van der Waals surface area contributed by atoms with Crippen LogP contribution in [0.1, 0.15) is 44.7 Å².